The molecule has 1 rings (SSSR count). The predicted molar refractivity (Wildman–Crippen MR) is 47.4 cm³/mol. The second kappa shape index (κ2) is 4.23. The summed E-state index contributed by atoms with van der Waals surface area (Å²) < 4.78 is 25.8. The lowest BCUT2D eigenvalue weighted by Crippen LogP contribution is -2.38. The summed E-state index contributed by atoms with van der Waals surface area (Å²) in [6, 6.07) is 0. The van der Waals surface area contributed by atoms with Gasteiger partial charge in [0.1, 0.15) is 5.75 Å². The van der Waals surface area contributed by atoms with Crippen molar-refractivity contribution in [2.75, 3.05) is 5.75 Å². The molecule has 3 nitrogen and oxygen atoms in total. The molecule has 0 radical (unpaired) electrons. The molecule has 0 aliphatic carbocycles. The highest BCUT2D eigenvalue weighted by molar-refractivity contribution is 7.87. The lowest BCUT2D eigenvalue weighted by atomic mass is 10.1. The fourth-order valence-corrected chi connectivity index (χ4v) is 2.47. The summed E-state index contributed by atoms with van der Waals surface area (Å²) in [7, 11) is -3.07. The Bertz CT molecular complexity index is 208. The van der Waals surface area contributed by atoms with E-state index in [2.05, 4.69) is 11.1 Å². The molecule has 0 aromatic heterocycles. The van der Waals surface area contributed by atoms with Crippen LogP contribution in [0.1, 0.15) is 39.0 Å². The van der Waals surface area contributed by atoms with Crippen LogP contribution in [0.5, 0.6) is 0 Å². The Labute approximate surface area is 74.2 Å². The lowest BCUT2D eigenvalue weighted by Gasteiger charge is -2.25. The maximum absolute atomic E-state index is 10.6. The van der Waals surface area contributed by atoms with Gasteiger partial charge in [0, 0.05) is 0 Å². The Morgan fingerprint density at radius 3 is 2.50 bits per heavy atom. The van der Waals surface area contributed by atoms with Gasteiger partial charge in [0.2, 0.25) is 0 Å². The van der Waals surface area contributed by atoms with Gasteiger partial charge in [-0.25, -0.2) is 0 Å². The third-order valence-corrected chi connectivity index (χ3v) is 3.40. The van der Waals surface area contributed by atoms with E-state index in [0.29, 0.717) is 0 Å². The second-order valence-electron chi connectivity index (χ2n) is 3.29. The SMILES string of the molecule is CCCCCCC1CS(=O)(=O)O1. The number of hydrogen-bond donors (Lipinski definition) is 0. The van der Waals surface area contributed by atoms with Crippen LogP contribution < -0.4 is 0 Å². The van der Waals surface area contributed by atoms with Gasteiger partial charge in [-0.15, -0.1) is 0 Å². The van der Waals surface area contributed by atoms with Gasteiger partial charge in [-0.05, 0) is 6.42 Å². The van der Waals surface area contributed by atoms with Crippen molar-refractivity contribution in [2.24, 2.45) is 0 Å². The van der Waals surface area contributed by atoms with E-state index in [4.69, 9.17) is 0 Å². The largest absolute Gasteiger partial charge is 0.270 e. The molecule has 1 aliphatic heterocycles. The summed E-state index contributed by atoms with van der Waals surface area (Å²) in [6.07, 6.45) is 5.62. The van der Waals surface area contributed by atoms with E-state index in [1.807, 2.05) is 0 Å². The van der Waals surface area contributed by atoms with Crippen LogP contribution in [0, 0.1) is 0 Å². The van der Waals surface area contributed by atoms with Gasteiger partial charge in [0.15, 0.2) is 0 Å². The summed E-state index contributed by atoms with van der Waals surface area (Å²) >= 11 is 0. The molecule has 12 heavy (non-hydrogen) atoms. The van der Waals surface area contributed by atoms with Crippen LogP contribution in [-0.4, -0.2) is 20.3 Å². The number of hydrogen-bond acceptors (Lipinski definition) is 3. The molecule has 1 unspecified atom stereocenters. The summed E-state index contributed by atoms with van der Waals surface area (Å²) in [5.41, 5.74) is 0. The van der Waals surface area contributed by atoms with Crippen LogP contribution in [0.25, 0.3) is 0 Å². The van der Waals surface area contributed by atoms with Crippen molar-refractivity contribution in [3.05, 3.63) is 0 Å². The van der Waals surface area contributed by atoms with E-state index in [-0.39, 0.29) is 11.9 Å². The summed E-state index contributed by atoms with van der Waals surface area (Å²) in [6.45, 7) is 2.16. The molecule has 0 aromatic carbocycles. The molecule has 4 heteroatoms. The monoisotopic (exact) mass is 192 g/mol. The second-order valence-corrected chi connectivity index (χ2v) is 4.93. The molecule has 1 fully saturated rings. The molecule has 72 valence electrons. The van der Waals surface area contributed by atoms with Crippen LogP contribution >= 0.6 is 0 Å². The number of rotatable bonds is 5. The minimum absolute atomic E-state index is 0.00754. The van der Waals surface area contributed by atoms with Crippen molar-refractivity contribution >= 4 is 10.1 Å². The van der Waals surface area contributed by atoms with Crippen molar-refractivity contribution < 1.29 is 12.6 Å². The Morgan fingerprint density at radius 2 is 2.00 bits per heavy atom. The van der Waals surface area contributed by atoms with Crippen molar-refractivity contribution in [2.45, 2.75) is 45.1 Å². The Kier molecular flexibility index (Phi) is 3.53. The van der Waals surface area contributed by atoms with Crippen LogP contribution in [0.2, 0.25) is 0 Å². The third kappa shape index (κ3) is 3.11. The minimum Gasteiger partial charge on any atom is -0.266 e. The zero-order valence-corrected chi connectivity index (χ0v) is 8.27. The average molecular weight is 192 g/mol. The lowest BCUT2D eigenvalue weighted by molar-refractivity contribution is 0.166. The Balaban J connectivity index is 1.97. The zero-order valence-electron chi connectivity index (χ0n) is 7.45. The first-order valence-electron chi connectivity index (χ1n) is 4.55. The zero-order chi connectivity index (χ0) is 9.03. The van der Waals surface area contributed by atoms with Gasteiger partial charge in [-0.2, -0.15) is 8.42 Å². The highest BCUT2D eigenvalue weighted by Crippen LogP contribution is 2.20. The highest BCUT2D eigenvalue weighted by atomic mass is 32.2. The van der Waals surface area contributed by atoms with Gasteiger partial charge in [-0.1, -0.05) is 32.6 Å². The maximum Gasteiger partial charge on any atom is 0.270 e. The molecule has 0 aromatic rings. The van der Waals surface area contributed by atoms with Crippen molar-refractivity contribution in [3.63, 3.8) is 0 Å². The first-order chi connectivity index (χ1) is 5.64. The summed E-state index contributed by atoms with van der Waals surface area (Å²) in [5.74, 6) is 0.235. The molecular weight excluding hydrogens is 176 g/mol. The van der Waals surface area contributed by atoms with E-state index < -0.39 is 10.1 Å². The van der Waals surface area contributed by atoms with Gasteiger partial charge in [-0.3, -0.25) is 4.18 Å². The van der Waals surface area contributed by atoms with E-state index >= 15 is 0 Å². The van der Waals surface area contributed by atoms with Crippen molar-refractivity contribution in [1.82, 2.24) is 0 Å². The van der Waals surface area contributed by atoms with Crippen molar-refractivity contribution in [1.29, 1.82) is 0 Å². The fourth-order valence-electron chi connectivity index (χ4n) is 1.36. The third-order valence-electron chi connectivity index (χ3n) is 2.05. The van der Waals surface area contributed by atoms with Crippen LogP contribution in [-0.2, 0) is 14.3 Å². The minimum atomic E-state index is -3.07. The standard InChI is InChI=1S/C8H16O3S/c1-2-3-4-5-6-8-7-12(9,10)11-8/h8H,2-7H2,1H3. The Morgan fingerprint density at radius 1 is 1.33 bits per heavy atom. The fraction of sp³-hybridized carbons (Fsp3) is 1.00. The van der Waals surface area contributed by atoms with Crippen molar-refractivity contribution in [3.8, 4) is 0 Å². The molecule has 0 N–H and O–H groups in total. The summed E-state index contributed by atoms with van der Waals surface area (Å²) in [5, 5.41) is 0. The molecule has 1 aliphatic rings. The van der Waals surface area contributed by atoms with E-state index in [1.165, 1.54) is 19.3 Å². The van der Waals surface area contributed by atoms with Gasteiger partial charge >= 0.3 is 0 Å². The predicted octanol–water partition coefficient (Wildman–Crippen LogP) is 1.69. The Hall–Kier alpha value is -0.0900. The molecule has 1 atom stereocenters. The molecular formula is C8H16O3S. The highest BCUT2D eigenvalue weighted by Gasteiger charge is 2.33. The molecule has 0 bridgehead atoms. The smallest absolute Gasteiger partial charge is 0.266 e. The molecule has 0 amide bonds. The molecule has 1 saturated heterocycles. The topological polar surface area (TPSA) is 43.4 Å². The normalized spacial score (nSPS) is 26.6. The van der Waals surface area contributed by atoms with E-state index in [0.717, 1.165) is 12.8 Å². The maximum atomic E-state index is 10.6. The van der Waals surface area contributed by atoms with E-state index in [1.54, 1.807) is 0 Å². The van der Waals surface area contributed by atoms with Crippen LogP contribution in [0.3, 0.4) is 0 Å². The van der Waals surface area contributed by atoms with Gasteiger partial charge in [0.05, 0.1) is 6.10 Å². The summed E-state index contributed by atoms with van der Waals surface area (Å²) in [4.78, 5) is 0. The first kappa shape index (κ1) is 9.99. The average Bonchev–Trinajstić information content (AvgIpc) is 1.94. The first-order valence-corrected chi connectivity index (χ1v) is 6.13. The molecule has 0 saturated carbocycles. The quantitative estimate of drug-likeness (QED) is 0.491. The van der Waals surface area contributed by atoms with Crippen LogP contribution in [0.4, 0.5) is 0 Å². The van der Waals surface area contributed by atoms with Crippen LogP contribution in [0.15, 0.2) is 0 Å². The molecule has 0 spiro atoms. The van der Waals surface area contributed by atoms with Gasteiger partial charge < -0.3 is 0 Å². The van der Waals surface area contributed by atoms with E-state index in [9.17, 15) is 8.42 Å². The molecule has 1 heterocycles. The number of unbranched alkanes of at least 4 members (excludes halogenated alkanes) is 3. The van der Waals surface area contributed by atoms with Gasteiger partial charge in [0.25, 0.3) is 10.1 Å².